The molecule has 4 N–H and O–H groups in total. The Morgan fingerprint density at radius 3 is 2.38 bits per heavy atom. The van der Waals surface area contributed by atoms with Gasteiger partial charge in [-0.25, -0.2) is 4.39 Å². The molecule has 1 atom stereocenters. The first-order valence-corrected chi connectivity index (χ1v) is 4.69. The Hall–Kier alpha value is -1.14. The topological polar surface area (TPSA) is 52.0 Å². The predicted molar refractivity (Wildman–Crippen MR) is 52.0 cm³/mol. The maximum Gasteiger partial charge on any atom is 0.419 e. The van der Waals surface area contributed by atoms with Crippen molar-refractivity contribution >= 4 is 0 Å². The first-order chi connectivity index (χ1) is 7.38. The van der Waals surface area contributed by atoms with Gasteiger partial charge < -0.3 is 11.5 Å². The largest absolute Gasteiger partial charge is 0.419 e. The average molecular weight is 236 g/mol. The molecule has 0 fully saturated rings. The number of benzene rings is 1. The third-order valence-corrected chi connectivity index (χ3v) is 2.21. The van der Waals surface area contributed by atoms with Crippen LogP contribution in [-0.4, -0.2) is 6.54 Å². The lowest BCUT2D eigenvalue weighted by Gasteiger charge is -2.15. The number of rotatable bonds is 3. The van der Waals surface area contributed by atoms with Crippen LogP contribution in [0.5, 0.6) is 0 Å². The Labute approximate surface area is 90.2 Å². The SMILES string of the molecule is NCC[C@H](N)c1cccc(C(F)(F)F)c1F. The Morgan fingerprint density at radius 2 is 1.88 bits per heavy atom. The summed E-state index contributed by atoms with van der Waals surface area (Å²) in [7, 11) is 0. The van der Waals surface area contributed by atoms with E-state index in [1.54, 1.807) is 0 Å². The summed E-state index contributed by atoms with van der Waals surface area (Å²) in [5.41, 5.74) is 9.30. The average Bonchev–Trinajstić information content (AvgIpc) is 2.16. The monoisotopic (exact) mass is 236 g/mol. The molecule has 0 amide bonds. The molecule has 0 heterocycles. The molecule has 90 valence electrons. The highest BCUT2D eigenvalue weighted by Crippen LogP contribution is 2.33. The lowest BCUT2D eigenvalue weighted by molar-refractivity contribution is -0.140. The maximum atomic E-state index is 13.5. The fraction of sp³-hybridized carbons (Fsp3) is 0.400. The molecule has 1 rings (SSSR count). The van der Waals surface area contributed by atoms with Crippen molar-refractivity contribution in [3.05, 3.63) is 35.1 Å². The summed E-state index contributed by atoms with van der Waals surface area (Å²) < 4.78 is 50.6. The lowest BCUT2D eigenvalue weighted by Crippen LogP contribution is -2.19. The smallest absolute Gasteiger partial charge is 0.330 e. The normalized spacial score (nSPS) is 13.9. The Kier molecular flexibility index (Phi) is 3.88. The van der Waals surface area contributed by atoms with Crippen LogP contribution in [0.1, 0.15) is 23.6 Å². The number of alkyl halides is 3. The van der Waals surface area contributed by atoms with Crippen molar-refractivity contribution in [2.45, 2.75) is 18.6 Å². The minimum absolute atomic E-state index is 0.153. The molecule has 1 aromatic carbocycles. The molecule has 0 saturated carbocycles. The van der Waals surface area contributed by atoms with Gasteiger partial charge in [0.2, 0.25) is 0 Å². The van der Waals surface area contributed by atoms with E-state index < -0.39 is 23.6 Å². The van der Waals surface area contributed by atoms with E-state index in [2.05, 4.69) is 0 Å². The summed E-state index contributed by atoms with van der Waals surface area (Å²) in [5, 5.41) is 0. The van der Waals surface area contributed by atoms with Crippen molar-refractivity contribution in [3.8, 4) is 0 Å². The molecule has 0 aliphatic rings. The molecule has 0 spiro atoms. The van der Waals surface area contributed by atoms with Crippen molar-refractivity contribution in [1.82, 2.24) is 0 Å². The third kappa shape index (κ3) is 2.70. The van der Waals surface area contributed by atoms with Gasteiger partial charge in [-0.3, -0.25) is 0 Å². The number of halogens is 4. The second kappa shape index (κ2) is 4.80. The van der Waals surface area contributed by atoms with E-state index in [9.17, 15) is 17.6 Å². The Bertz CT molecular complexity index is 362. The van der Waals surface area contributed by atoms with Gasteiger partial charge in [0.05, 0.1) is 5.56 Å². The summed E-state index contributed by atoms with van der Waals surface area (Å²) in [5.74, 6) is -1.31. The molecule has 0 aliphatic heterocycles. The highest BCUT2D eigenvalue weighted by atomic mass is 19.4. The minimum Gasteiger partial charge on any atom is -0.330 e. The Morgan fingerprint density at radius 1 is 1.25 bits per heavy atom. The predicted octanol–water partition coefficient (Wildman–Crippen LogP) is 2.19. The fourth-order valence-corrected chi connectivity index (χ4v) is 1.39. The van der Waals surface area contributed by atoms with Crippen LogP contribution in [0, 0.1) is 5.82 Å². The molecular formula is C10H12F4N2. The lowest BCUT2D eigenvalue weighted by atomic mass is 10.0. The molecule has 6 heteroatoms. The zero-order valence-electron chi connectivity index (χ0n) is 8.39. The van der Waals surface area contributed by atoms with Gasteiger partial charge in [-0.15, -0.1) is 0 Å². The van der Waals surface area contributed by atoms with Gasteiger partial charge in [0.15, 0.2) is 0 Å². The van der Waals surface area contributed by atoms with Crippen LogP contribution in [0.25, 0.3) is 0 Å². The summed E-state index contributed by atoms with van der Waals surface area (Å²) in [4.78, 5) is 0. The minimum atomic E-state index is -4.71. The van der Waals surface area contributed by atoms with E-state index >= 15 is 0 Å². The molecule has 0 aliphatic carbocycles. The highest BCUT2D eigenvalue weighted by molar-refractivity contribution is 5.30. The Balaban J connectivity index is 3.14. The zero-order valence-corrected chi connectivity index (χ0v) is 8.39. The van der Waals surface area contributed by atoms with E-state index in [0.717, 1.165) is 6.07 Å². The van der Waals surface area contributed by atoms with Gasteiger partial charge in [0, 0.05) is 11.6 Å². The van der Waals surface area contributed by atoms with Crippen molar-refractivity contribution in [1.29, 1.82) is 0 Å². The van der Waals surface area contributed by atoms with Gasteiger partial charge in [-0.2, -0.15) is 13.2 Å². The van der Waals surface area contributed by atoms with Crippen LogP contribution >= 0.6 is 0 Å². The first-order valence-electron chi connectivity index (χ1n) is 4.69. The van der Waals surface area contributed by atoms with Crippen LogP contribution in [0.4, 0.5) is 17.6 Å². The summed E-state index contributed by atoms with van der Waals surface area (Å²) in [6.07, 6.45) is -4.47. The highest BCUT2D eigenvalue weighted by Gasteiger charge is 2.35. The molecule has 16 heavy (non-hydrogen) atoms. The van der Waals surface area contributed by atoms with Crippen LogP contribution in [0.2, 0.25) is 0 Å². The molecule has 2 nitrogen and oxygen atoms in total. The standard InChI is InChI=1S/C10H12F4N2/c11-9-6(8(16)4-5-15)2-1-3-7(9)10(12,13)14/h1-3,8H,4-5,15-16H2/t8-/m0/s1. The summed E-state index contributed by atoms with van der Waals surface area (Å²) in [6, 6.07) is 2.25. The van der Waals surface area contributed by atoms with E-state index in [0.29, 0.717) is 6.07 Å². The van der Waals surface area contributed by atoms with Crippen LogP contribution in [0.15, 0.2) is 18.2 Å². The maximum absolute atomic E-state index is 13.5. The second-order valence-electron chi connectivity index (χ2n) is 3.39. The number of hydrogen-bond acceptors (Lipinski definition) is 2. The van der Waals surface area contributed by atoms with Crippen molar-refractivity contribution in [3.63, 3.8) is 0 Å². The molecule has 1 aromatic rings. The summed E-state index contributed by atoms with van der Waals surface area (Å²) in [6.45, 7) is 0.191. The van der Waals surface area contributed by atoms with E-state index in [1.807, 2.05) is 0 Å². The van der Waals surface area contributed by atoms with E-state index in [1.165, 1.54) is 6.07 Å². The molecular weight excluding hydrogens is 224 g/mol. The number of hydrogen-bond donors (Lipinski definition) is 2. The first kappa shape index (κ1) is 12.9. The quantitative estimate of drug-likeness (QED) is 0.790. The third-order valence-electron chi connectivity index (χ3n) is 2.21. The van der Waals surface area contributed by atoms with Crippen LogP contribution < -0.4 is 11.5 Å². The van der Waals surface area contributed by atoms with Gasteiger partial charge in [-0.05, 0) is 19.0 Å². The van der Waals surface area contributed by atoms with E-state index in [4.69, 9.17) is 11.5 Å². The van der Waals surface area contributed by atoms with E-state index in [-0.39, 0.29) is 18.5 Å². The number of nitrogens with two attached hydrogens (primary N) is 2. The van der Waals surface area contributed by atoms with Gasteiger partial charge in [0.1, 0.15) is 5.82 Å². The molecule has 0 saturated heterocycles. The molecule has 0 aromatic heterocycles. The molecule has 0 bridgehead atoms. The van der Waals surface area contributed by atoms with Gasteiger partial charge in [-0.1, -0.05) is 12.1 Å². The van der Waals surface area contributed by atoms with Crippen molar-refractivity contribution in [2.24, 2.45) is 11.5 Å². The zero-order chi connectivity index (χ0) is 12.3. The van der Waals surface area contributed by atoms with Crippen LogP contribution in [-0.2, 0) is 6.18 Å². The van der Waals surface area contributed by atoms with Crippen molar-refractivity contribution < 1.29 is 17.6 Å². The fourth-order valence-electron chi connectivity index (χ4n) is 1.39. The van der Waals surface area contributed by atoms with Gasteiger partial charge >= 0.3 is 6.18 Å². The molecule has 0 unspecified atom stereocenters. The van der Waals surface area contributed by atoms with Crippen LogP contribution in [0.3, 0.4) is 0 Å². The summed E-state index contributed by atoms with van der Waals surface area (Å²) >= 11 is 0. The van der Waals surface area contributed by atoms with Gasteiger partial charge in [0.25, 0.3) is 0 Å². The second-order valence-corrected chi connectivity index (χ2v) is 3.39. The van der Waals surface area contributed by atoms with Crippen molar-refractivity contribution in [2.75, 3.05) is 6.54 Å². The molecule has 0 radical (unpaired) electrons.